The van der Waals surface area contributed by atoms with Gasteiger partial charge in [-0.05, 0) is 30.7 Å². The molecule has 0 spiro atoms. The number of rotatable bonds is 0. The normalized spacial score (nSPS) is 19.5. The van der Waals surface area contributed by atoms with Gasteiger partial charge in [-0.1, -0.05) is 30.1 Å². The van der Waals surface area contributed by atoms with Crippen LogP contribution in [0.25, 0.3) is 0 Å². The summed E-state index contributed by atoms with van der Waals surface area (Å²) in [5.41, 5.74) is 2.28. The summed E-state index contributed by atoms with van der Waals surface area (Å²) < 4.78 is 0. The lowest BCUT2D eigenvalue weighted by Gasteiger charge is -2.22. The van der Waals surface area contributed by atoms with E-state index in [1.807, 2.05) is 6.07 Å². The van der Waals surface area contributed by atoms with E-state index in [0.717, 1.165) is 30.5 Å². The second-order valence-corrected chi connectivity index (χ2v) is 4.71. The highest BCUT2D eigenvalue weighted by Gasteiger charge is 2.22. The highest BCUT2D eigenvalue weighted by atomic mass is 35.5. The van der Waals surface area contributed by atoms with Crippen LogP contribution in [0.3, 0.4) is 0 Å². The van der Waals surface area contributed by atoms with Gasteiger partial charge in [0.25, 0.3) is 0 Å². The summed E-state index contributed by atoms with van der Waals surface area (Å²) in [7, 11) is 0. The Bertz CT molecular complexity index is 449. The second kappa shape index (κ2) is 4.00. The van der Waals surface area contributed by atoms with Crippen LogP contribution in [0.4, 0.5) is 0 Å². The fourth-order valence-corrected chi connectivity index (χ4v) is 2.57. The van der Waals surface area contributed by atoms with Crippen molar-refractivity contribution in [3.05, 3.63) is 27.0 Å². The van der Waals surface area contributed by atoms with Gasteiger partial charge in [0.2, 0.25) is 0 Å². The Morgan fingerprint density at radius 3 is 2.87 bits per heavy atom. The van der Waals surface area contributed by atoms with E-state index >= 15 is 0 Å². The fraction of sp³-hybridized carbons (Fsp3) is 0.455. The molecule has 0 radical (unpaired) electrons. The van der Waals surface area contributed by atoms with Gasteiger partial charge in [0.15, 0.2) is 0 Å². The minimum atomic E-state index is 0.232. The van der Waals surface area contributed by atoms with Crippen molar-refractivity contribution < 1.29 is 0 Å². The SMILES string of the molecule is CC1CCc2c(nc(Cl)c(C#N)c2Cl)C1. The van der Waals surface area contributed by atoms with Gasteiger partial charge in [-0.15, -0.1) is 0 Å². The zero-order valence-electron chi connectivity index (χ0n) is 8.35. The smallest absolute Gasteiger partial charge is 0.148 e. The van der Waals surface area contributed by atoms with Crippen molar-refractivity contribution in [3.8, 4) is 6.07 Å². The highest BCUT2D eigenvalue weighted by Crippen LogP contribution is 2.34. The first-order valence-electron chi connectivity index (χ1n) is 4.90. The molecule has 4 heteroatoms. The lowest BCUT2D eigenvalue weighted by Crippen LogP contribution is -2.14. The van der Waals surface area contributed by atoms with E-state index in [2.05, 4.69) is 11.9 Å². The molecule has 15 heavy (non-hydrogen) atoms. The highest BCUT2D eigenvalue weighted by molar-refractivity contribution is 6.36. The number of hydrogen-bond donors (Lipinski definition) is 0. The summed E-state index contributed by atoms with van der Waals surface area (Å²) in [6.45, 7) is 2.19. The standard InChI is InChI=1S/C11H10Cl2N2/c1-6-2-3-7-9(4-6)15-11(13)8(5-14)10(7)12/h6H,2-4H2,1H3. The van der Waals surface area contributed by atoms with Gasteiger partial charge >= 0.3 is 0 Å². The molecule has 1 atom stereocenters. The van der Waals surface area contributed by atoms with Crippen LogP contribution >= 0.6 is 23.2 Å². The van der Waals surface area contributed by atoms with Crippen LogP contribution in [0.5, 0.6) is 0 Å². The first-order chi connectivity index (χ1) is 7.13. The molecule has 1 aliphatic rings. The molecule has 2 nitrogen and oxygen atoms in total. The Hall–Kier alpha value is -0.780. The van der Waals surface area contributed by atoms with E-state index in [1.165, 1.54) is 0 Å². The van der Waals surface area contributed by atoms with E-state index in [4.69, 9.17) is 28.5 Å². The van der Waals surface area contributed by atoms with Crippen LogP contribution in [0.1, 0.15) is 30.2 Å². The van der Waals surface area contributed by atoms with Crippen LogP contribution in [-0.2, 0) is 12.8 Å². The van der Waals surface area contributed by atoms with Crippen molar-refractivity contribution >= 4 is 23.2 Å². The maximum atomic E-state index is 8.89. The topological polar surface area (TPSA) is 36.7 Å². The van der Waals surface area contributed by atoms with Crippen LogP contribution in [0, 0.1) is 17.2 Å². The molecule has 1 aliphatic carbocycles. The first-order valence-corrected chi connectivity index (χ1v) is 5.66. The molecule has 78 valence electrons. The van der Waals surface area contributed by atoms with Crippen molar-refractivity contribution in [1.82, 2.24) is 4.98 Å². The molecule has 0 aromatic carbocycles. The van der Waals surface area contributed by atoms with E-state index in [-0.39, 0.29) is 5.15 Å². The number of halogens is 2. The molecule has 0 amide bonds. The van der Waals surface area contributed by atoms with Gasteiger partial charge in [-0.25, -0.2) is 4.98 Å². The second-order valence-electron chi connectivity index (χ2n) is 3.98. The summed E-state index contributed by atoms with van der Waals surface area (Å²) in [4.78, 5) is 4.25. The monoisotopic (exact) mass is 240 g/mol. The summed E-state index contributed by atoms with van der Waals surface area (Å²) >= 11 is 12.0. The van der Waals surface area contributed by atoms with Crippen molar-refractivity contribution in [1.29, 1.82) is 5.26 Å². The third-order valence-corrected chi connectivity index (χ3v) is 3.50. The number of nitriles is 1. The maximum absolute atomic E-state index is 8.89. The molecule has 0 bridgehead atoms. The quantitative estimate of drug-likeness (QED) is 0.653. The Balaban J connectivity index is 2.59. The van der Waals surface area contributed by atoms with Gasteiger partial charge in [-0.2, -0.15) is 5.26 Å². The molecule has 0 fully saturated rings. The number of nitrogens with zero attached hydrogens (tertiary/aromatic N) is 2. The zero-order valence-corrected chi connectivity index (χ0v) is 9.86. The Morgan fingerprint density at radius 1 is 1.47 bits per heavy atom. The molecular formula is C11H10Cl2N2. The van der Waals surface area contributed by atoms with Gasteiger partial charge in [0.05, 0.1) is 5.02 Å². The average molecular weight is 241 g/mol. The maximum Gasteiger partial charge on any atom is 0.148 e. The predicted molar refractivity (Wildman–Crippen MR) is 60.2 cm³/mol. The first kappa shape index (κ1) is 10.7. The summed E-state index contributed by atoms with van der Waals surface area (Å²) in [5, 5.41) is 9.63. The molecule has 1 aromatic rings. The van der Waals surface area contributed by atoms with Crippen molar-refractivity contribution in [2.24, 2.45) is 5.92 Å². The van der Waals surface area contributed by atoms with E-state index in [1.54, 1.807) is 0 Å². The molecule has 0 aliphatic heterocycles. The Morgan fingerprint density at radius 2 is 2.20 bits per heavy atom. The van der Waals surface area contributed by atoms with Crippen molar-refractivity contribution in [2.75, 3.05) is 0 Å². The third kappa shape index (κ3) is 1.82. The van der Waals surface area contributed by atoms with Crippen molar-refractivity contribution in [2.45, 2.75) is 26.2 Å². The molecular weight excluding hydrogens is 231 g/mol. The number of aromatic nitrogens is 1. The fourth-order valence-electron chi connectivity index (χ4n) is 1.95. The number of pyridine rings is 1. The van der Waals surface area contributed by atoms with Crippen LogP contribution < -0.4 is 0 Å². The molecule has 1 heterocycles. The molecule has 1 aromatic heterocycles. The Kier molecular flexibility index (Phi) is 2.86. The molecule has 2 rings (SSSR count). The van der Waals surface area contributed by atoms with Gasteiger partial charge in [0, 0.05) is 5.69 Å². The largest absolute Gasteiger partial charge is 0.239 e. The van der Waals surface area contributed by atoms with Gasteiger partial charge < -0.3 is 0 Å². The minimum Gasteiger partial charge on any atom is -0.239 e. The van der Waals surface area contributed by atoms with Crippen molar-refractivity contribution in [3.63, 3.8) is 0 Å². The number of hydrogen-bond acceptors (Lipinski definition) is 2. The third-order valence-electron chi connectivity index (χ3n) is 2.81. The van der Waals surface area contributed by atoms with E-state index < -0.39 is 0 Å². The summed E-state index contributed by atoms with van der Waals surface area (Å²) in [6, 6.07) is 2.00. The van der Waals surface area contributed by atoms with Gasteiger partial charge in [0.1, 0.15) is 16.8 Å². The van der Waals surface area contributed by atoms with Crippen LogP contribution in [0.2, 0.25) is 10.2 Å². The molecule has 0 saturated carbocycles. The predicted octanol–water partition coefficient (Wildman–Crippen LogP) is 3.38. The lowest BCUT2D eigenvalue weighted by molar-refractivity contribution is 0.492. The average Bonchev–Trinajstić information content (AvgIpc) is 2.17. The summed E-state index contributed by atoms with van der Waals surface area (Å²) in [6.07, 6.45) is 2.90. The van der Waals surface area contributed by atoms with Crippen LogP contribution in [0.15, 0.2) is 0 Å². The number of fused-ring (bicyclic) bond motifs is 1. The molecule has 0 N–H and O–H groups in total. The van der Waals surface area contributed by atoms with E-state index in [0.29, 0.717) is 16.5 Å². The van der Waals surface area contributed by atoms with E-state index in [9.17, 15) is 0 Å². The summed E-state index contributed by atoms with van der Waals surface area (Å²) in [5.74, 6) is 0.616. The molecule has 0 saturated heterocycles. The Labute approximate surface area is 98.8 Å². The lowest BCUT2D eigenvalue weighted by atomic mass is 9.87. The van der Waals surface area contributed by atoms with Gasteiger partial charge in [-0.3, -0.25) is 0 Å². The minimum absolute atomic E-state index is 0.232. The van der Waals surface area contributed by atoms with Crippen LogP contribution in [-0.4, -0.2) is 4.98 Å². The molecule has 1 unspecified atom stereocenters. The zero-order chi connectivity index (χ0) is 11.0.